The molecule has 4 nitrogen and oxygen atoms in total. The molecule has 0 bridgehead atoms. The summed E-state index contributed by atoms with van der Waals surface area (Å²) >= 11 is 0. The molecule has 1 N–H and O–H groups in total. The van der Waals surface area contributed by atoms with E-state index >= 15 is 0 Å². The third kappa shape index (κ3) is 3.64. The average molecular weight is 299 g/mol. The Balaban J connectivity index is 1.65. The third-order valence-corrected chi connectivity index (χ3v) is 3.31. The summed E-state index contributed by atoms with van der Waals surface area (Å²) in [5.74, 6) is 2.51. The Morgan fingerprint density at radius 3 is 2.68 bits per heavy atom. The normalized spacial score (nSPS) is 13.0. The van der Waals surface area contributed by atoms with E-state index < -0.39 is 0 Å². The standard InChI is InChI=1S/C18H21NO3/c1-13(2)22-16-5-3-4-14(10-16)12-19-15-6-7-17-18(11-15)21-9-8-20-17/h3-7,10-11,13,19H,8-9,12H2,1-2H3. The summed E-state index contributed by atoms with van der Waals surface area (Å²) in [7, 11) is 0. The van der Waals surface area contributed by atoms with Crippen LogP contribution in [0.5, 0.6) is 17.2 Å². The molecule has 2 aromatic rings. The quantitative estimate of drug-likeness (QED) is 0.910. The van der Waals surface area contributed by atoms with Crippen LogP contribution in [0.3, 0.4) is 0 Å². The van der Waals surface area contributed by atoms with Gasteiger partial charge in [0.2, 0.25) is 0 Å². The molecule has 116 valence electrons. The van der Waals surface area contributed by atoms with Crippen molar-refractivity contribution < 1.29 is 14.2 Å². The minimum Gasteiger partial charge on any atom is -0.491 e. The predicted octanol–water partition coefficient (Wildman–Crippen LogP) is 3.86. The molecule has 22 heavy (non-hydrogen) atoms. The summed E-state index contributed by atoms with van der Waals surface area (Å²) in [5.41, 5.74) is 2.19. The van der Waals surface area contributed by atoms with Crippen LogP contribution in [-0.2, 0) is 6.54 Å². The zero-order valence-electron chi connectivity index (χ0n) is 13.0. The van der Waals surface area contributed by atoms with Gasteiger partial charge in [-0.2, -0.15) is 0 Å². The van der Waals surface area contributed by atoms with Crippen LogP contribution < -0.4 is 19.5 Å². The number of fused-ring (bicyclic) bond motifs is 1. The van der Waals surface area contributed by atoms with Gasteiger partial charge in [0.15, 0.2) is 11.5 Å². The number of ether oxygens (including phenoxy) is 3. The molecule has 1 aliphatic heterocycles. The fraction of sp³-hybridized carbons (Fsp3) is 0.333. The highest BCUT2D eigenvalue weighted by Gasteiger charge is 2.11. The molecule has 2 aromatic carbocycles. The summed E-state index contributed by atoms with van der Waals surface area (Å²) < 4.78 is 16.8. The number of nitrogens with one attached hydrogen (secondary N) is 1. The summed E-state index contributed by atoms with van der Waals surface area (Å²) in [5, 5.41) is 3.40. The van der Waals surface area contributed by atoms with Gasteiger partial charge in [-0.1, -0.05) is 12.1 Å². The fourth-order valence-electron chi connectivity index (χ4n) is 2.36. The molecule has 0 saturated carbocycles. The lowest BCUT2D eigenvalue weighted by Crippen LogP contribution is -2.15. The van der Waals surface area contributed by atoms with Crippen LogP contribution in [-0.4, -0.2) is 19.3 Å². The van der Waals surface area contributed by atoms with Crippen LogP contribution in [0.1, 0.15) is 19.4 Å². The van der Waals surface area contributed by atoms with Crippen molar-refractivity contribution in [2.45, 2.75) is 26.5 Å². The van der Waals surface area contributed by atoms with Crippen LogP contribution in [0.15, 0.2) is 42.5 Å². The molecular weight excluding hydrogens is 278 g/mol. The van der Waals surface area contributed by atoms with E-state index in [0.29, 0.717) is 13.2 Å². The zero-order chi connectivity index (χ0) is 15.4. The molecule has 0 atom stereocenters. The first-order chi connectivity index (χ1) is 10.7. The van der Waals surface area contributed by atoms with Gasteiger partial charge in [-0.3, -0.25) is 0 Å². The summed E-state index contributed by atoms with van der Waals surface area (Å²) in [6, 6.07) is 14.1. The Labute approximate surface area is 131 Å². The minimum absolute atomic E-state index is 0.181. The monoisotopic (exact) mass is 299 g/mol. The van der Waals surface area contributed by atoms with Crippen LogP contribution in [0, 0.1) is 0 Å². The van der Waals surface area contributed by atoms with Crippen molar-refractivity contribution in [3.05, 3.63) is 48.0 Å². The van der Waals surface area contributed by atoms with Crippen molar-refractivity contribution in [1.82, 2.24) is 0 Å². The molecule has 0 fully saturated rings. The van der Waals surface area contributed by atoms with E-state index in [1.54, 1.807) is 0 Å². The van der Waals surface area contributed by atoms with Crippen LogP contribution in [0.2, 0.25) is 0 Å². The van der Waals surface area contributed by atoms with Gasteiger partial charge in [-0.15, -0.1) is 0 Å². The van der Waals surface area contributed by atoms with Crippen LogP contribution in [0.25, 0.3) is 0 Å². The van der Waals surface area contributed by atoms with Gasteiger partial charge in [0.25, 0.3) is 0 Å². The first-order valence-electron chi connectivity index (χ1n) is 7.60. The molecule has 3 rings (SSSR count). The Morgan fingerprint density at radius 2 is 1.86 bits per heavy atom. The lowest BCUT2D eigenvalue weighted by atomic mass is 10.2. The first-order valence-corrected chi connectivity index (χ1v) is 7.60. The maximum Gasteiger partial charge on any atom is 0.163 e. The smallest absolute Gasteiger partial charge is 0.163 e. The summed E-state index contributed by atoms with van der Waals surface area (Å²) in [6.45, 7) is 6.00. The molecule has 0 aliphatic carbocycles. The topological polar surface area (TPSA) is 39.7 Å². The van der Waals surface area contributed by atoms with Crippen molar-refractivity contribution in [3.8, 4) is 17.2 Å². The van der Waals surface area contributed by atoms with Gasteiger partial charge in [0.05, 0.1) is 6.10 Å². The van der Waals surface area contributed by atoms with Gasteiger partial charge < -0.3 is 19.5 Å². The van der Waals surface area contributed by atoms with Crippen molar-refractivity contribution in [1.29, 1.82) is 0 Å². The molecule has 1 aliphatic rings. The highest BCUT2D eigenvalue weighted by Crippen LogP contribution is 2.32. The van der Waals surface area contributed by atoms with Crippen LogP contribution in [0.4, 0.5) is 5.69 Å². The summed E-state index contributed by atoms with van der Waals surface area (Å²) in [4.78, 5) is 0. The Morgan fingerprint density at radius 1 is 1.05 bits per heavy atom. The van der Waals surface area contributed by atoms with Crippen LogP contribution >= 0.6 is 0 Å². The molecule has 0 amide bonds. The molecule has 4 heteroatoms. The van der Waals surface area contributed by atoms with E-state index in [-0.39, 0.29) is 6.10 Å². The van der Waals surface area contributed by atoms with Gasteiger partial charge >= 0.3 is 0 Å². The predicted molar refractivity (Wildman–Crippen MR) is 87.0 cm³/mol. The molecule has 0 aromatic heterocycles. The largest absolute Gasteiger partial charge is 0.491 e. The number of benzene rings is 2. The Hall–Kier alpha value is -2.36. The average Bonchev–Trinajstić information content (AvgIpc) is 2.52. The minimum atomic E-state index is 0.181. The highest BCUT2D eigenvalue weighted by molar-refractivity contribution is 5.55. The molecule has 1 heterocycles. The van der Waals surface area contributed by atoms with Gasteiger partial charge in [0, 0.05) is 18.3 Å². The Kier molecular flexibility index (Phi) is 4.37. The highest BCUT2D eigenvalue weighted by atomic mass is 16.6. The maximum atomic E-state index is 5.72. The Bertz CT molecular complexity index is 640. The molecule has 0 spiro atoms. The molecule has 0 unspecified atom stereocenters. The second-order valence-corrected chi connectivity index (χ2v) is 5.53. The van der Waals surface area contributed by atoms with E-state index in [9.17, 15) is 0 Å². The van der Waals surface area contributed by atoms with E-state index in [1.807, 2.05) is 44.2 Å². The van der Waals surface area contributed by atoms with E-state index in [4.69, 9.17) is 14.2 Å². The van der Waals surface area contributed by atoms with Crippen molar-refractivity contribution in [3.63, 3.8) is 0 Å². The SMILES string of the molecule is CC(C)Oc1cccc(CNc2ccc3c(c2)OCCO3)c1. The van der Waals surface area contributed by atoms with Gasteiger partial charge in [-0.25, -0.2) is 0 Å². The van der Waals surface area contributed by atoms with Crippen molar-refractivity contribution in [2.24, 2.45) is 0 Å². The second-order valence-electron chi connectivity index (χ2n) is 5.53. The number of hydrogen-bond donors (Lipinski definition) is 1. The maximum absolute atomic E-state index is 5.72. The summed E-state index contributed by atoms with van der Waals surface area (Å²) in [6.07, 6.45) is 0.181. The molecule has 0 radical (unpaired) electrons. The van der Waals surface area contributed by atoms with Crippen molar-refractivity contribution in [2.75, 3.05) is 18.5 Å². The van der Waals surface area contributed by atoms with E-state index in [0.717, 1.165) is 29.5 Å². The lowest BCUT2D eigenvalue weighted by molar-refractivity contribution is 0.171. The lowest BCUT2D eigenvalue weighted by Gasteiger charge is -2.19. The van der Waals surface area contributed by atoms with Gasteiger partial charge in [-0.05, 0) is 43.7 Å². The number of anilines is 1. The fourth-order valence-corrected chi connectivity index (χ4v) is 2.36. The first kappa shape index (κ1) is 14.6. The molecule has 0 saturated heterocycles. The van der Waals surface area contributed by atoms with E-state index in [1.165, 1.54) is 5.56 Å². The zero-order valence-corrected chi connectivity index (χ0v) is 13.0. The van der Waals surface area contributed by atoms with E-state index in [2.05, 4.69) is 17.4 Å². The number of hydrogen-bond acceptors (Lipinski definition) is 4. The molecular formula is C18H21NO3. The van der Waals surface area contributed by atoms with Crippen molar-refractivity contribution >= 4 is 5.69 Å². The van der Waals surface area contributed by atoms with Gasteiger partial charge in [0.1, 0.15) is 19.0 Å². The number of rotatable bonds is 5. The third-order valence-electron chi connectivity index (χ3n) is 3.31. The second kappa shape index (κ2) is 6.60.